The van der Waals surface area contributed by atoms with Crippen LogP contribution in [0.2, 0.25) is 0 Å². The zero-order chi connectivity index (χ0) is 22.2. The molecule has 2 atom stereocenters. The third-order valence-electron chi connectivity index (χ3n) is 5.88. The lowest BCUT2D eigenvalue weighted by Gasteiger charge is -2.12. The molecule has 2 unspecified atom stereocenters. The van der Waals surface area contributed by atoms with Gasteiger partial charge in [0.15, 0.2) is 0 Å². The van der Waals surface area contributed by atoms with E-state index in [1.165, 1.54) is 6.07 Å². The standard InChI is InChI=1S/C25H20BrFN2O3/c26-17-7-5-14(20(27)12-17)9-16-11-18(16)19-10-15(25(30)31)6-8-23(19)32-13-24-28-21-3-1-2-4-22(21)29-24/h1-8,10,12,16,18H,9,11,13H2,(H,28,29)(H,30,31). The highest BCUT2D eigenvalue weighted by molar-refractivity contribution is 9.10. The molecule has 0 saturated heterocycles. The van der Waals surface area contributed by atoms with Gasteiger partial charge in [0.2, 0.25) is 0 Å². The molecule has 2 N–H and O–H groups in total. The first-order chi connectivity index (χ1) is 15.5. The molecule has 0 radical (unpaired) electrons. The zero-order valence-corrected chi connectivity index (χ0v) is 18.6. The van der Waals surface area contributed by atoms with Gasteiger partial charge in [-0.25, -0.2) is 14.2 Å². The Morgan fingerprint density at radius 2 is 2.03 bits per heavy atom. The number of aromatic nitrogens is 2. The van der Waals surface area contributed by atoms with E-state index in [0.717, 1.165) is 23.0 Å². The highest BCUT2D eigenvalue weighted by Gasteiger charge is 2.40. The highest BCUT2D eigenvalue weighted by atomic mass is 79.9. The van der Waals surface area contributed by atoms with E-state index in [9.17, 15) is 14.3 Å². The fourth-order valence-electron chi connectivity index (χ4n) is 4.15. The summed E-state index contributed by atoms with van der Waals surface area (Å²) in [6.45, 7) is 0.243. The maximum absolute atomic E-state index is 14.3. The Morgan fingerprint density at radius 3 is 2.81 bits per heavy atom. The average molecular weight is 495 g/mol. The lowest BCUT2D eigenvalue weighted by Crippen LogP contribution is -2.03. The first kappa shape index (κ1) is 20.7. The molecule has 1 fully saturated rings. The molecule has 0 bridgehead atoms. The van der Waals surface area contributed by atoms with Crippen LogP contribution in [0.25, 0.3) is 11.0 Å². The average Bonchev–Trinajstić information content (AvgIpc) is 3.41. The van der Waals surface area contributed by atoms with Gasteiger partial charge in [0.1, 0.15) is 24.0 Å². The number of aromatic carboxylic acids is 1. The maximum atomic E-state index is 14.3. The molecule has 7 heteroatoms. The molecule has 0 aliphatic heterocycles. The van der Waals surface area contributed by atoms with Crippen LogP contribution in [0.3, 0.4) is 0 Å². The smallest absolute Gasteiger partial charge is 0.335 e. The number of fused-ring (bicyclic) bond motifs is 1. The van der Waals surface area contributed by atoms with Crippen LogP contribution in [-0.2, 0) is 13.0 Å². The van der Waals surface area contributed by atoms with Gasteiger partial charge >= 0.3 is 5.97 Å². The molecule has 162 valence electrons. The van der Waals surface area contributed by atoms with E-state index >= 15 is 0 Å². The number of carboxylic acids is 1. The number of carbonyl (C=O) groups is 1. The quantitative estimate of drug-likeness (QED) is 0.326. The largest absolute Gasteiger partial charge is 0.485 e. The summed E-state index contributed by atoms with van der Waals surface area (Å²) in [6.07, 6.45) is 1.46. The van der Waals surface area contributed by atoms with E-state index in [0.29, 0.717) is 28.0 Å². The number of carboxylic acid groups (broad SMARTS) is 1. The Balaban J connectivity index is 1.36. The number of ether oxygens (including phenoxy) is 1. The van der Waals surface area contributed by atoms with Gasteiger partial charge in [-0.2, -0.15) is 0 Å². The summed E-state index contributed by atoms with van der Waals surface area (Å²) in [6, 6.07) is 17.8. The topological polar surface area (TPSA) is 75.2 Å². The fourth-order valence-corrected chi connectivity index (χ4v) is 4.48. The van der Waals surface area contributed by atoms with Crippen molar-refractivity contribution in [3.05, 3.63) is 93.5 Å². The molecule has 5 nitrogen and oxygen atoms in total. The number of H-pyrrole nitrogens is 1. The summed E-state index contributed by atoms with van der Waals surface area (Å²) in [5.74, 6) is 0.492. The van der Waals surface area contributed by atoms with Crippen molar-refractivity contribution in [2.45, 2.75) is 25.4 Å². The van der Waals surface area contributed by atoms with Gasteiger partial charge in [-0.15, -0.1) is 0 Å². The fraction of sp³-hybridized carbons (Fsp3) is 0.200. The summed E-state index contributed by atoms with van der Waals surface area (Å²) >= 11 is 3.29. The predicted molar refractivity (Wildman–Crippen MR) is 122 cm³/mol. The molecule has 3 aromatic carbocycles. The lowest BCUT2D eigenvalue weighted by atomic mass is 10.0. The molecular weight excluding hydrogens is 475 g/mol. The van der Waals surface area contributed by atoms with Crippen molar-refractivity contribution >= 4 is 32.9 Å². The van der Waals surface area contributed by atoms with Crippen LogP contribution in [-0.4, -0.2) is 21.0 Å². The zero-order valence-electron chi connectivity index (χ0n) is 17.0. The van der Waals surface area contributed by atoms with Crippen molar-refractivity contribution in [2.75, 3.05) is 0 Å². The molecule has 1 saturated carbocycles. The van der Waals surface area contributed by atoms with E-state index in [2.05, 4.69) is 25.9 Å². The van der Waals surface area contributed by atoms with Gasteiger partial charge in [0, 0.05) is 4.47 Å². The molecular formula is C25H20BrFN2O3. The van der Waals surface area contributed by atoms with Gasteiger partial charge < -0.3 is 14.8 Å². The molecule has 1 aromatic heterocycles. The van der Waals surface area contributed by atoms with Gasteiger partial charge in [0.05, 0.1) is 16.6 Å². The number of para-hydroxylation sites is 2. The van der Waals surface area contributed by atoms with Crippen LogP contribution in [0.1, 0.15) is 39.6 Å². The number of nitrogens with one attached hydrogen (secondary N) is 1. The SMILES string of the molecule is O=C(O)c1ccc(OCc2nc3ccccc3[nH]2)c(C2CC2Cc2ccc(Br)cc2F)c1. The Kier molecular flexibility index (Phi) is 5.43. The molecule has 1 heterocycles. The molecule has 4 aromatic rings. The molecule has 1 aliphatic carbocycles. The Hall–Kier alpha value is -3.19. The van der Waals surface area contributed by atoms with Crippen molar-refractivity contribution in [1.82, 2.24) is 9.97 Å². The number of hydrogen-bond acceptors (Lipinski definition) is 3. The van der Waals surface area contributed by atoms with E-state index in [1.807, 2.05) is 30.3 Å². The van der Waals surface area contributed by atoms with Gasteiger partial charge in [-0.1, -0.05) is 34.1 Å². The lowest BCUT2D eigenvalue weighted by molar-refractivity contribution is 0.0696. The monoisotopic (exact) mass is 494 g/mol. The second-order valence-corrected chi connectivity index (χ2v) is 9.00. The third kappa shape index (κ3) is 4.25. The Morgan fingerprint density at radius 1 is 1.19 bits per heavy atom. The van der Waals surface area contributed by atoms with Crippen LogP contribution < -0.4 is 4.74 Å². The van der Waals surface area contributed by atoms with Crippen molar-refractivity contribution in [1.29, 1.82) is 0 Å². The van der Waals surface area contributed by atoms with Gasteiger partial charge in [-0.3, -0.25) is 0 Å². The number of nitrogens with zero attached hydrogens (tertiary/aromatic N) is 1. The van der Waals surface area contributed by atoms with Crippen molar-refractivity contribution in [3.63, 3.8) is 0 Å². The summed E-state index contributed by atoms with van der Waals surface area (Å²) in [4.78, 5) is 19.3. The first-order valence-electron chi connectivity index (χ1n) is 10.4. The van der Waals surface area contributed by atoms with E-state index < -0.39 is 5.97 Å². The van der Waals surface area contributed by atoms with Crippen molar-refractivity contribution in [2.24, 2.45) is 5.92 Å². The first-order valence-corrected chi connectivity index (χ1v) is 11.1. The number of rotatable bonds is 7. The number of imidazole rings is 1. The maximum Gasteiger partial charge on any atom is 0.335 e. The van der Waals surface area contributed by atoms with Crippen LogP contribution in [0.4, 0.5) is 4.39 Å². The number of hydrogen-bond donors (Lipinski definition) is 2. The predicted octanol–water partition coefficient (Wildman–Crippen LogP) is 6.09. The molecule has 32 heavy (non-hydrogen) atoms. The van der Waals surface area contributed by atoms with E-state index in [4.69, 9.17) is 4.74 Å². The number of halogens is 2. The summed E-state index contributed by atoms with van der Waals surface area (Å²) in [5, 5.41) is 9.44. The van der Waals surface area contributed by atoms with Gasteiger partial charge in [0.25, 0.3) is 0 Å². The Labute approximate surface area is 192 Å². The normalized spacial score (nSPS) is 17.4. The van der Waals surface area contributed by atoms with Crippen molar-refractivity contribution in [3.8, 4) is 5.75 Å². The van der Waals surface area contributed by atoms with Gasteiger partial charge in [-0.05, 0) is 78.3 Å². The molecule has 5 rings (SSSR count). The second-order valence-electron chi connectivity index (χ2n) is 8.09. The number of benzene rings is 3. The van der Waals surface area contributed by atoms with E-state index in [-0.39, 0.29) is 29.8 Å². The highest BCUT2D eigenvalue weighted by Crippen LogP contribution is 2.52. The molecule has 1 aliphatic rings. The van der Waals surface area contributed by atoms with E-state index in [1.54, 1.807) is 24.3 Å². The molecule has 0 spiro atoms. The summed E-state index contributed by atoms with van der Waals surface area (Å²) in [5.41, 5.74) is 3.54. The van der Waals surface area contributed by atoms with Crippen LogP contribution in [0.5, 0.6) is 5.75 Å². The minimum Gasteiger partial charge on any atom is -0.485 e. The minimum atomic E-state index is -0.980. The summed E-state index contributed by atoms with van der Waals surface area (Å²) < 4.78 is 21.0. The second kappa shape index (κ2) is 8.39. The van der Waals surface area contributed by atoms with Crippen molar-refractivity contribution < 1.29 is 19.0 Å². The van der Waals surface area contributed by atoms with Crippen LogP contribution >= 0.6 is 15.9 Å². The number of aromatic amines is 1. The van der Waals surface area contributed by atoms with Crippen LogP contribution in [0, 0.1) is 11.7 Å². The van der Waals surface area contributed by atoms with Crippen LogP contribution in [0.15, 0.2) is 65.1 Å². The minimum absolute atomic E-state index is 0.128. The molecule has 0 amide bonds. The third-order valence-corrected chi connectivity index (χ3v) is 6.37. The Bertz CT molecular complexity index is 1290. The summed E-state index contributed by atoms with van der Waals surface area (Å²) in [7, 11) is 0.